The lowest BCUT2D eigenvalue weighted by Gasteiger charge is -2.26. The number of hydrogen-bond donors (Lipinski definition) is 0. The molecule has 1 saturated heterocycles. The topological polar surface area (TPSA) is 57.7 Å². The molecule has 0 radical (unpaired) electrons. The number of carbonyl (C=O) groups excluding carboxylic acids is 1. The van der Waals surface area contributed by atoms with Gasteiger partial charge in [-0.2, -0.15) is 4.31 Å². The molecular weight excluding hydrogens is 459 g/mol. The summed E-state index contributed by atoms with van der Waals surface area (Å²) in [5.74, 6) is -0.513. The molecule has 1 aliphatic heterocycles. The van der Waals surface area contributed by atoms with E-state index in [2.05, 4.69) is 0 Å². The fourth-order valence-electron chi connectivity index (χ4n) is 3.80. The molecule has 4 rings (SSSR count). The van der Waals surface area contributed by atoms with Crippen molar-refractivity contribution in [1.29, 1.82) is 0 Å². The first kappa shape index (κ1) is 23.5. The molecule has 1 heterocycles. The van der Waals surface area contributed by atoms with Crippen molar-refractivity contribution in [3.8, 4) is 0 Å². The summed E-state index contributed by atoms with van der Waals surface area (Å²) in [6, 6.07) is 24.3. The van der Waals surface area contributed by atoms with Crippen molar-refractivity contribution in [2.24, 2.45) is 0 Å². The van der Waals surface area contributed by atoms with Gasteiger partial charge in [0.25, 0.3) is 0 Å². The van der Waals surface area contributed by atoms with Gasteiger partial charge in [-0.3, -0.25) is 4.79 Å². The minimum atomic E-state index is -3.75. The molecule has 1 aliphatic rings. The summed E-state index contributed by atoms with van der Waals surface area (Å²) in [5.41, 5.74) is 0.913. The molecule has 0 N–H and O–H groups in total. The second kappa shape index (κ2) is 10.5. The third kappa shape index (κ3) is 5.63. The highest BCUT2D eigenvalue weighted by Crippen LogP contribution is 2.37. The fraction of sp³-hybridized carbons (Fsp3) is 0.240. The first-order chi connectivity index (χ1) is 15.9. The van der Waals surface area contributed by atoms with Gasteiger partial charge in [-0.1, -0.05) is 48.5 Å². The van der Waals surface area contributed by atoms with Gasteiger partial charge in [0.05, 0.1) is 4.90 Å². The minimum Gasteiger partial charge on any atom is -0.340 e. The summed E-state index contributed by atoms with van der Waals surface area (Å²) < 4.78 is 40.7. The SMILES string of the molecule is O=C(C(Sc1ccccc1)c1ccccc1)N1CCCN(S(=O)(=O)c2ccc(F)cc2)CC1. The Morgan fingerprint density at radius 2 is 1.45 bits per heavy atom. The van der Waals surface area contributed by atoms with E-state index < -0.39 is 21.1 Å². The summed E-state index contributed by atoms with van der Waals surface area (Å²) in [6.07, 6.45) is 0.531. The van der Waals surface area contributed by atoms with Gasteiger partial charge < -0.3 is 4.90 Å². The standard InChI is InChI=1S/C25H25FN2O3S2/c26-21-12-14-23(15-13-21)33(30,31)28-17-7-16-27(18-19-28)25(29)24(20-8-3-1-4-9-20)32-22-10-5-2-6-11-22/h1-6,8-15,24H,7,16-19H2. The van der Waals surface area contributed by atoms with Crippen molar-refractivity contribution in [2.45, 2.75) is 21.5 Å². The monoisotopic (exact) mass is 484 g/mol. The average Bonchev–Trinajstić information content (AvgIpc) is 3.11. The Morgan fingerprint density at radius 1 is 0.818 bits per heavy atom. The van der Waals surface area contributed by atoms with E-state index in [1.807, 2.05) is 60.7 Å². The number of halogens is 1. The van der Waals surface area contributed by atoms with Crippen LogP contribution in [0.5, 0.6) is 0 Å². The highest BCUT2D eigenvalue weighted by atomic mass is 32.2. The van der Waals surface area contributed by atoms with E-state index in [0.29, 0.717) is 26.1 Å². The van der Waals surface area contributed by atoms with Crippen molar-refractivity contribution in [3.63, 3.8) is 0 Å². The van der Waals surface area contributed by atoms with Gasteiger partial charge in [-0.05, 0) is 48.4 Å². The number of carbonyl (C=O) groups is 1. The van der Waals surface area contributed by atoms with Crippen LogP contribution < -0.4 is 0 Å². The molecule has 5 nitrogen and oxygen atoms in total. The molecule has 8 heteroatoms. The Morgan fingerprint density at radius 3 is 2.12 bits per heavy atom. The molecule has 1 amide bonds. The largest absolute Gasteiger partial charge is 0.340 e. The predicted octanol–water partition coefficient (Wildman–Crippen LogP) is 4.58. The minimum absolute atomic E-state index is 0.0314. The highest BCUT2D eigenvalue weighted by Gasteiger charge is 2.32. The molecule has 1 unspecified atom stereocenters. The molecule has 1 atom stereocenters. The summed E-state index contributed by atoms with van der Waals surface area (Å²) in [6.45, 7) is 1.29. The lowest BCUT2D eigenvalue weighted by atomic mass is 10.1. The van der Waals surface area contributed by atoms with Crippen LogP contribution in [0.2, 0.25) is 0 Å². The molecule has 3 aromatic rings. The normalized spacial score (nSPS) is 16.2. The third-order valence-electron chi connectivity index (χ3n) is 5.54. The summed E-state index contributed by atoms with van der Waals surface area (Å²) in [5, 5.41) is -0.422. The van der Waals surface area contributed by atoms with Crippen LogP contribution in [0.25, 0.3) is 0 Å². The maximum Gasteiger partial charge on any atom is 0.243 e. The molecule has 0 spiro atoms. The molecule has 3 aromatic carbocycles. The zero-order valence-electron chi connectivity index (χ0n) is 18.0. The van der Waals surface area contributed by atoms with Crippen LogP contribution >= 0.6 is 11.8 Å². The molecule has 1 fully saturated rings. The van der Waals surface area contributed by atoms with E-state index in [0.717, 1.165) is 22.6 Å². The van der Waals surface area contributed by atoms with Gasteiger partial charge >= 0.3 is 0 Å². The second-order valence-corrected chi connectivity index (χ2v) is 10.9. The van der Waals surface area contributed by atoms with Gasteiger partial charge in [0.15, 0.2) is 0 Å². The van der Waals surface area contributed by atoms with Gasteiger partial charge in [-0.15, -0.1) is 11.8 Å². The molecular formula is C25H25FN2O3S2. The Bertz CT molecular complexity index is 1170. The first-order valence-corrected chi connectivity index (χ1v) is 13.1. The maximum atomic E-state index is 13.6. The zero-order valence-corrected chi connectivity index (χ0v) is 19.6. The summed E-state index contributed by atoms with van der Waals surface area (Å²) >= 11 is 1.50. The van der Waals surface area contributed by atoms with Crippen LogP contribution in [0, 0.1) is 5.82 Å². The summed E-state index contributed by atoms with van der Waals surface area (Å²) in [4.78, 5) is 16.4. The van der Waals surface area contributed by atoms with Gasteiger partial charge in [-0.25, -0.2) is 12.8 Å². The van der Waals surface area contributed by atoms with Crippen molar-refractivity contribution in [3.05, 3.63) is 96.3 Å². The Balaban J connectivity index is 1.52. The highest BCUT2D eigenvalue weighted by molar-refractivity contribution is 8.00. The quantitative estimate of drug-likeness (QED) is 0.481. The van der Waals surface area contributed by atoms with E-state index in [1.54, 1.807) is 4.90 Å². The molecule has 0 aromatic heterocycles. The number of hydrogen-bond acceptors (Lipinski definition) is 4. The van der Waals surface area contributed by atoms with E-state index in [4.69, 9.17) is 0 Å². The van der Waals surface area contributed by atoms with Crippen LogP contribution in [0.3, 0.4) is 0 Å². The van der Waals surface area contributed by atoms with Gasteiger partial charge in [0.1, 0.15) is 11.1 Å². The molecule has 0 aliphatic carbocycles. The molecule has 33 heavy (non-hydrogen) atoms. The van der Waals surface area contributed by atoms with Crippen LogP contribution in [-0.4, -0.2) is 49.7 Å². The third-order valence-corrected chi connectivity index (χ3v) is 8.71. The smallest absolute Gasteiger partial charge is 0.243 e. The summed E-state index contributed by atoms with van der Waals surface area (Å²) in [7, 11) is -3.75. The van der Waals surface area contributed by atoms with Crippen molar-refractivity contribution in [2.75, 3.05) is 26.2 Å². The number of rotatable bonds is 6. The van der Waals surface area contributed by atoms with E-state index in [1.165, 1.54) is 28.2 Å². The van der Waals surface area contributed by atoms with Crippen molar-refractivity contribution in [1.82, 2.24) is 9.21 Å². The maximum absolute atomic E-state index is 13.6. The van der Waals surface area contributed by atoms with E-state index in [-0.39, 0.29) is 17.3 Å². The van der Waals surface area contributed by atoms with Crippen molar-refractivity contribution >= 4 is 27.7 Å². The van der Waals surface area contributed by atoms with Gasteiger partial charge in [0, 0.05) is 31.1 Å². The van der Waals surface area contributed by atoms with Crippen LogP contribution in [0.4, 0.5) is 4.39 Å². The number of nitrogens with zero attached hydrogens (tertiary/aromatic N) is 2. The number of amides is 1. The second-order valence-electron chi connectivity index (χ2n) is 7.76. The predicted molar refractivity (Wildman–Crippen MR) is 128 cm³/mol. The Labute approximate surface area is 198 Å². The Kier molecular flexibility index (Phi) is 7.47. The van der Waals surface area contributed by atoms with E-state index >= 15 is 0 Å². The van der Waals surface area contributed by atoms with Crippen molar-refractivity contribution < 1.29 is 17.6 Å². The van der Waals surface area contributed by atoms with Crippen LogP contribution in [0.15, 0.2) is 94.7 Å². The van der Waals surface area contributed by atoms with Crippen LogP contribution in [-0.2, 0) is 14.8 Å². The van der Waals surface area contributed by atoms with E-state index in [9.17, 15) is 17.6 Å². The zero-order chi connectivity index (χ0) is 23.3. The molecule has 0 bridgehead atoms. The average molecular weight is 485 g/mol. The number of sulfonamides is 1. The lowest BCUT2D eigenvalue weighted by molar-refractivity contribution is -0.130. The molecule has 172 valence electrons. The number of thioether (sulfide) groups is 1. The number of benzene rings is 3. The Hall–Kier alpha value is -2.68. The first-order valence-electron chi connectivity index (χ1n) is 10.8. The van der Waals surface area contributed by atoms with Crippen LogP contribution in [0.1, 0.15) is 17.2 Å². The lowest BCUT2D eigenvalue weighted by Crippen LogP contribution is -2.38. The molecule has 0 saturated carbocycles. The fourth-order valence-corrected chi connectivity index (χ4v) is 6.40. The van der Waals surface area contributed by atoms with Gasteiger partial charge in [0.2, 0.25) is 15.9 Å².